The van der Waals surface area contributed by atoms with E-state index in [0.717, 1.165) is 12.8 Å². The predicted octanol–water partition coefficient (Wildman–Crippen LogP) is 10.9. The second-order valence-electron chi connectivity index (χ2n) is 10.1. The highest BCUT2D eigenvalue weighted by molar-refractivity contribution is 5.73. The second-order valence-corrected chi connectivity index (χ2v) is 10.1. The third-order valence-electron chi connectivity index (χ3n) is 5.80. The van der Waals surface area contributed by atoms with Crippen LogP contribution >= 0.6 is 0 Å². The van der Waals surface area contributed by atoms with Gasteiger partial charge in [-0.3, -0.25) is 0 Å². The smallest absolute Gasteiger partial charge is 0.197 e. The summed E-state index contributed by atoms with van der Waals surface area (Å²) in [6.07, 6.45) is 6.00. The van der Waals surface area contributed by atoms with Crippen molar-refractivity contribution in [1.82, 2.24) is 0 Å². The van der Waals surface area contributed by atoms with Gasteiger partial charge in [0.2, 0.25) is 5.69 Å². The zero-order valence-electron chi connectivity index (χ0n) is 26.3. The predicted molar refractivity (Wildman–Crippen MR) is 163 cm³/mol. The highest BCUT2D eigenvalue weighted by Gasteiger charge is 2.49. The highest BCUT2D eigenvalue weighted by atomic mass is 15.1. The van der Waals surface area contributed by atoms with Crippen LogP contribution in [0.15, 0.2) is 42.5 Å². The first kappa shape index (κ1) is 35.3. The lowest BCUT2D eigenvalue weighted by Gasteiger charge is -2.23. The molecule has 0 radical (unpaired) electrons. The van der Waals surface area contributed by atoms with Crippen molar-refractivity contribution < 1.29 is 4.58 Å². The summed E-state index contributed by atoms with van der Waals surface area (Å²) in [6, 6.07) is 15.9. The van der Waals surface area contributed by atoms with E-state index in [2.05, 4.69) is 116 Å². The zero-order chi connectivity index (χ0) is 27.8. The van der Waals surface area contributed by atoms with Crippen LogP contribution in [0.1, 0.15) is 125 Å². The van der Waals surface area contributed by atoms with Gasteiger partial charge in [-0.05, 0) is 44.2 Å². The average Bonchev–Trinajstić information content (AvgIpc) is 3.07. The molecule has 0 fully saturated rings. The molecular weight excluding hydrogens is 422 g/mol. The number of nitrogens with zero attached hydrogens (tertiary/aromatic N) is 1. The fraction of sp³-hybridized carbons (Fsp3) is 0.618. The number of para-hydroxylation sites is 1. The molecule has 2 aromatic rings. The number of rotatable bonds is 4. The molecular formula is C34H60N+. The van der Waals surface area contributed by atoms with E-state index in [-0.39, 0.29) is 11.0 Å². The molecule has 3 rings (SSSR count). The molecule has 2 aromatic carbocycles. The van der Waals surface area contributed by atoms with Gasteiger partial charge in [0, 0.05) is 31.4 Å². The van der Waals surface area contributed by atoms with E-state index in [1.807, 2.05) is 41.5 Å². The Morgan fingerprint density at radius 1 is 0.771 bits per heavy atom. The van der Waals surface area contributed by atoms with Crippen molar-refractivity contribution in [2.75, 3.05) is 0 Å². The molecule has 0 aromatic heterocycles. The third kappa shape index (κ3) is 10.3. The maximum Gasteiger partial charge on any atom is 0.211 e. The van der Waals surface area contributed by atoms with Crippen LogP contribution in [-0.4, -0.2) is 16.3 Å². The van der Waals surface area contributed by atoms with Crippen molar-refractivity contribution >= 4 is 11.9 Å². The molecule has 0 saturated heterocycles. The molecule has 1 nitrogen and oxygen atoms in total. The summed E-state index contributed by atoms with van der Waals surface area (Å²) in [4.78, 5) is 0. The minimum absolute atomic E-state index is 0.0641. The Balaban J connectivity index is 0. The van der Waals surface area contributed by atoms with Gasteiger partial charge in [0.1, 0.15) is 0 Å². The SMILES string of the molecule is CC.CC.CC.CCC.Cc1cccc(C)c1[N+]1=CC(C)(c2ccc(CC(C)C)cc2)CC1(C)C. The van der Waals surface area contributed by atoms with Gasteiger partial charge < -0.3 is 0 Å². The summed E-state index contributed by atoms with van der Waals surface area (Å²) in [5.41, 5.74) is 7.11. The van der Waals surface area contributed by atoms with Crippen LogP contribution in [0.2, 0.25) is 0 Å². The maximum absolute atomic E-state index is 2.53. The van der Waals surface area contributed by atoms with Crippen molar-refractivity contribution in [3.63, 3.8) is 0 Å². The van der Waals surface area contributed by atoms with Crippen LogP contribution in [0.4, 0.5) is 5.69 Å². The summed E-state index contributed by atoms with van der Waals surface area (Å²) in [5, 5.41) is 0. The van der Waals surface area contributed by atoms with Crippen molar-refractivity contribution in [3.05, 3.63) is 64.7 Å². The van der Waals surface area contributed by atoms with Crippen molar-refractivity contribution in [2.24, 2.45) is 5.92 Å². The van der Waals surface area contributed by atoms with Gasteiger partial charge in [0.05, 0.1) is 5.41 Å². The number of aryl methyl sites for hydroxylation is 2. The van der Waals surface area contributed by atoms with Gasteiger partial charge in [-0.15, -0.1) is 0 Å². The van der Waals surface area contributed by atoms with Crippen LogP contribution in [-0.2, 0) is 11.8 Å². The quantitative estimate of drug-likeness (QED) is 0.381. The third-order valence-corrected chi connectivity index (χ3v) is 5.80. The first-order valence-corrected chi connectivity index (χ1v) is 14.3. The molecule has 0 saturated carbocycles. The fourth-order valence-electron chi connectivity index (χ4n) is 4.71. The van der Waals surface area contributed by atoms with E-state index in [0.29, 0.717) is 5.92 Å². The second kappa shape index (κ2) is 17.5. The standard InChI is InChI=1S/C25H34N.C3H8.3C2H6/c1-18(2)15-21-11-13-22(14-12-21)25(7)16-24(5,6)26(17-25)23-19(3)9-8-10-20(23)4;1-3-2;3*1-2/h8-14,17-18H,15-16H2,1-7H3;3H2,1-2H3;3*1-2H3/q+1;;;;. The van der Waals surface area contributed by atoms with Gasteiger partial charge in [0.15, 0.2) is 11.8 Å². The van der Waals surface area contributed by atoms with Gasteiger partial charge in [-0.25, -0.2) is 0 Å². The summed E-state index contributed by atoms with van der Waals surface area (Å²) in [6.45, 7) is 32.4. The topological polar surface area (TPSA) is 3.01 Å². The minimum atomic E-state index is 0.0641. The Morgan fingerprint density at radius 2 is 1.20 bits per heavy atom. The highest BCUT2D eigenvalue weighted by Crippen LogP contribution is 2.42. The zero-order valence-corrected chi connectivity index (χ0v) is 26.3. The van der Waals surface area contributed by atoms with Crippen LogP contribution in [0, 0.1) is 19.8 Å². The molecule has 0 N–H and O–H groups in total. The van der Waals surface area contributed by atoms with Crippen molar-refractivity contribution in [1.29, 1.82) is 0 Å². The van der Waals surface area contributed by atoms with E-state index in [1.54, 1.807) is 0 Å². The monoisotopic (exact) mass is 482 g/mol. The normalized spacial score (nSPS) is 17.3. The van der Waals surface area contributed by atoms with Gasteiger partial charge in [-0.2, -0.15) is 4.58 Å². The Kier molecular flexibility index (Phi) is 17.7. The number of hydrogen-bond donors (Lipinski definition) is 0. The first-order valence-electron chi connectivity index (χ1n) is 14.3. The molecule has 1 aliphatic rings. The minimum Gasteiger partial charge on any atom is -0.197 e. The summed E-state index contributed by atoms with van der Waals surface area (Å²) in [7, 11) is 0. The van der Waals surface area contributed by atoms with Gasteiger partial charge >= 0.3 is 0 Å². The number of benzene rings is 2. The largest absolute Gasteiger partial charge is 0.211 e. The molecule has 0 amide bonds. The van der Waals surface area contributed by atoms with E-state index in [1.165, 1.54) is 34.4 Å². The molecule has 200 valence electrons. The Hall–Kier alpha value is -1.89. The molecule has 0 bridgehead atoms. The molecule has 35 heavy (non-hydrogen) atoms. The Morgan fingerprint density at radius 3 is 1.60 bits per heavy atom. The van der Waals surface area contributed by atoms with E-state index in [4.69, 9.17) is 0 Å². The maximum atomic E-state index is 2.53. The Bertz CT molecular complexity index is 819. The lowest BCUT2D eigenvalue weighted by atomic mass is 9.77. The molecule has 0 aliphatic carbocycles. The number of hydrogen-bond acceptors (Lipinski definition) is 0. The van der Waals surface area contributed by atoms with Gasteiger partial charge in [0.25, 0.3) is 0 Å². The fourth-order valence-corrected chi connectivity index (χ4v) is 4.71. The summed E-state index contributed by atoms with van der Waals surface area (Å²) >= 11 is 0. The molecule has 1 heteroatoms. The van der Waals surface area contributed by atoms with Crippen LogP contribution in [0.5, 0.6) is 0 Å². The van der Waals surface area contributed by atoms with Crippen molar-refractivity contribution in [3.8, 4) is 0 Å². The lowest BCUT2D eigenvalue weighted by molar-refractivity contribution is -0.512. The Labute approximate surface area is 221 Å². The van der Waals surface area contributed by atoms with E-state index in [9.17, 15) is 0 Å². The molecule has 0 spiro atoms. The van der Waals surface area contributed by atoms with E-state index < -0.39 is 0 Å². The van der Waals surface area contributed by atoms with Crippen molar-refractivity contribution in [2.45, 2.75) is 134 Å². The van der Waals surface area contributed by atoms with Crippen LogP contribution in [0.25, 0.3) is 0 Å². The van der Waals surface area contributed by atoms with E-state index >= 15 is 0 Å². The molecule has 1 heterocycles. The van der Waals surface area contributed by atoms with Gasteiger partial charge in [-0.1, -0.05) is 118 Å². The van der Waals surface area contributed by atoms with Crippen LogP contribution < -0.4 is 0 Å². The lowest BCUT2D eigenvalue weighted by Crippen LogP contribution is -2.31. The summed E-state index contributed by atoms with van der Waals surface area (Å²) in [5.74, 6) is 0.702. The molecule has 1 atom stereocenters. The van der Waals surface area contributed by atoms with Crippen LogP contribution in [0.3, 0.4) is 0 Å². The first-order chi connectivity index (χ1) is 16.5. The average molecular weight is 483 g/mol. The molecule has 1 unspecified atom stereocenters. The summed E-state index contributed by atoms with van der Waals surface area (Å²) < 4.78 is 2.53. The molecule has 1 aliphatic heterocycles.